The van der Waals surface area contributed by atoms with Gasteiger partial charge in [-0.05, 0) is 61.3 Å². The van der Waals surface area contributed by atoms with Crippen LogP contribution in [-0.2, 0) is 10.0 Å². The van der Waals surface area contributed by atoms with E-state index in [0.717, 1.165) is 31.4 Å². The summed E-state index contributed by atoms with van der Waals surface area (Å²) >= 11 is -0.275. The highest BCUT2D eigenvalue weighted by atomic mass is 32.2. The Hall–Kier alpha value is -0.770. The summed E-state index contributed by atoms with van der Waals surface area (Å²) in [6, 6.07) is 4.47. The average Bonchev–Trinajstić information content (AvgIpc) is 2.84. The third-order valence-electron chi connectivity index (χ3n) is 3.64. The third-order valence-corrected chi connectivity index (χ3v) is 5.88. The molecule has 2 rings (SSSR count). The standard InChI is InChI=1S/C13H17F3N2O2S2/c14-13(15,16)21-10-4-6-11(7-5-10)22(19,20)18-12-3-1-2-9(12)8-17/h4-7,9,12,18H,1-3,8,17H2. The Morgan fingerprint density at radius 2 is 1.86 bits per heavy atom. The van der Waals surface area contributed by atoms with Crippen LogP contribution in [0.3, 0.4) is 0 Å². The van der Waals surface area contributed by atoms with Crippen LogP contribution in [0.4, 0.5) is 13.2 Å². The minimum Gasteiger partial charge on any atom is -0.330 e. The predicted molar refractivity (Wildman–Crippen MR) is 78.9 cm³/mol. The van der Waals surface area contributed by atoms with Crippen molar-refractivity contribution in [2.45, 2.75) is 40.6 Å². The zero-order chi connectivity index (χ0) is 16.4. The summed E-state index contributed by atoms with van der Waals surface area (Å²) in [6.07, 6.45) is 2.52. The van der Waals surface area contributed by atoms with Crippen LogP contribution >= 0.6 is 11.8 Å². The van der Waals surface area contributed by atoms with Gasteiger partial charge in [0, 0.05) is 10.9 Å². The smallest absolute Gasteiger partial charge is 0.330 e. The van der Waals surface area contributed by atoms with E-state index in [4.69, 9.17) is 5.73 Å². The number of nitrogens with one attached hydrogen (secondary N) is 1. The topological polar surface area (TPSA) is 72.2 Å². The number of sulfonamides is 1. The quantitative estimate of drug-likeness (QED) is 0.798. The van der Waals surface area contributed by atoms with Gasteiger partial charge in [-0.25, -0.2) is 13.1 Å². The first kappa shape index (κ1) is 17.6. The molecule has 0 radical (unpaired) electrons. The van der Waals surface area contributed by atoms with E-state index >= 15 is 0 Å². The number of hydrogen-bond acceptors (Lipinski definition) is 4. The van der Waals surface area contributed by atoms with Crippen molar-refractivity contribution in [3.63, 3.8) is 0 Å². The Morgan fingerprint density at radius 3 is 2.41 bits per heavy atom. The first-order chi connectivity index (χ1) is 10.2. The van der Waals surface area contributed by atoms with Gasteiger partial charge in [-0.15, -0.1) is 0 Å². The molecule has 1 aromatic carbocycles. The van der Waals surface area contributed by atoms with Crippen molar-refractivity contribution in [2.75, 3.05) is 6.54 Å². The van der Waals surface area contributed by atoms with Gasteiger partial charge in [-0.3, -0.25) is 0 Å². The van der Waals surface area contributed by atoms with E-state index in [2.05, 4.69) is 4.72 Å². The molecular formula is C13H17F3N2O2S2. The van der Waals surface area contributed by atoms with E-state index < -0.39 is 15.5 Å². The van der Waals surface area contributed by atoms with Crippen LogP contribution in [0, 0.1) is 5.92 Å². The molecule has 124 valence electrons. The molecule has 3 N–H and O–H groups in total. The number of nitrogens with two attached hydrogens (primary N) is 1. The fraction of sp³-hybridized carbons (Fsp3) is 0.538. The molecule has 0 aromatic heterocycles. The Balaban J connectivity index is 2.09. The van der Waals surface area contributed by atoms with Gasteiger partial charge in [0.05, 0.1) is 4.90 Å². The van der Waals surface area contributed by atoms with Gasteiger partial charge in [0.25, 0.3) is 0 Å². The Kier molecular flexibility index (Phi) is 5.41. The highest BCUT2D eigenvalue weighted by molar-refractivity contribution is 8.00. The molecule has 1 saturated carbocycles. The molecule has 2 atom stereocenters. The van der Waals surface area contributed by atoms with Crippen LogP contribution in [0.1, 0.15) is 19.3 Å². The largest absolute Gasteiger partial charge is 0.446 e. The third kappa shape index (κ3) is 4.61. The first-order valence-electron chi connectivity index (χ1n) is 6.79. The summed E-state index contributed by atoms with van der Waals surface area (Å²) in [7, 11) is -3.74. The molecule has 1 fully saturated rings. The van der Waals surface area contributed by atoms with Gasteiger partial charge in [-0.1, -0.05) is 6.42 Å². The van der Waals surface area contributed by atoms with Crippen molar-refractivity contribution >= 4 is 21.8 Å². The molecule has 0 bridgehead atoms. The van der Waals surface area contributed by atoms with Crippen LogP contribution in [0.15, 0.2) is 34.1 Å². The lowest BCUT2D eigenvalue weighted by Crippen LogP contribution is -2.39. The summed E-state index contributed by atoms with van der Waals surface area (Å²) in [4.78, 5) is -0.0890. The summed E-state index contributed by atoms with van der Waals surface area (Å²) in [5, 5.41) is 0. The lowest BCUT2D eigenvalue weighted by atomic mass is 10.1. The first-order valence-corrected chi connectivity index (χ1v) is 9.09. The molecule has 22 heavy (non-hydrogen) atoms. The van der Waals surface area contributed by atoms with Crippen LogP contribution in [0.5, 0.6) is 0 Å². The van der Waals surface area contributed by atoms with Gasteiger partial charge in [0.2, 0.25) is 10.0 Å². The predicted octanol–water partition coefficient (Wildman–Crippen LogP) is 2.70. The maximum Gasteiger partial charge on any atom is 0.446 e. The second-order valence-electron chi connectivity index (χ2n) is 5.17. The van der Waals surface area contributed by atoms with E-state index in [1.165, 1.54) is 12.1 Å². The van der Waals surface area contributed by atoms with Crippen molar-refractivity contribution in [1.82, 2.24) is 4.72 Å². The van der Waals surface area contributed by atoms with Crippen molar-refractivity contribution in [2.24, 2.45) is 11.7 Å². The van der Waals surface area contributed by atoms with Crippen LogP contribution < -0.4 is 10.5 Å². The second kappa shape index (κ2) is 6.77. The van der Waals surface area contributed by atoms with Crippen LogP contribution in [0.25, 0.3) is 0 Å². The normalized spacial score (nSPS) is 22.9. The van der Waals surface area contributed by atoms with Gasteiger partial charge >= 0.3 is 5.51 Å². The molecule has 0 amide bonds. The lowest BCUT2D eigenvalue weighted by Gasteiger charge is -2.19. The molecule has 0 saturated heterocycles. The van der Waals surface area contributed by atoms with Crippen molar-refractivity contribution in [3.8, 4) is 0 Å². The maximum absolute atomic E-state index is 12.3. The summed E-state index contributed by atoms with van der Waals surface area (Å²) in [5.41, 5.74) is 1.22. The molecule has 4 nitrogen and oxygen atoms in total. The molecule has 9 heteroatoms. The van der Waals surface area contributed by atoms with E-state index in [1.807, 2.05) is 0 Å². The monoisotopic (exact) mass is 354 g/mol. The van der Waals surface area contributed by atoms with Gasteiger partial charge in [0.1, 0.15) is 0 Å². The number of alkyl halides is 3. The maximum atomic E-state index is 12.3. The molecule has 1 aliphatic rings. The van der Waals surface area contributed by atoms with E-state index in [0.29, 0.717) is 6.54 Å². The Bertz CT molecular complexity index is 603. The fourth-order valence-electron chi connectivity index (χ4n) is 2.56. The summed E-state index contributed by atoms with van der Waals surface area (Å²) < 4.78 is 63.9. The second-order valence-corrected chi connectivity index (χ2v) is 8.03. The Labute approximate surface area is 131 Å². The molecular weight excluding hydrogens is 337 g/mol. The van der Waals surface area contributed by atoms with E-state index in [-0.39, 0.29) is 33.5 Å². The number of halogens is 3. The molecule has 0 heterocycles. The Morgan fingerprint density at radius 1 is 1.23 bits per heavy atom. The zero-order valence-electron chi connectivity index (χ0n) is 11.6. The summed E-state index contributed by atoms with van der Waals surface area (Å²) in [6.45, 7) is 0.411. The lowest BCUT2D eigenvalue weighted by molar-refractivity contribution is -0.0328. The van der Waals surface area contributed by atoms with Gasteiger partial charge < -0.3 is 5.73 Å². The average molecular weight is 354 g/mol. The molecule has 0 spiro atoms. The highest BCUT2D eigenvalue weighted by Crippen LogP contribution is 2.37. The van der Waals surface area contributed by atoms with Crippen LogP contribution in [-0.4, -0.2) is 26.5 Å². The van der Waals surface area contributed by atoms with Gasteiger partial charge in [0.15, 0.2) is 0 Å². The minimum atomic E-state index is -4.39. The number of hydrogen-bond donors (Lipinski definition) is 2. The van der Waals surface area contributed by atoms with Gasteiger partial charge in [-0.2, -0.15) is 13.2 Å². The van der Waals surface area contributed by atoms with Crippen molar-refractivity contribution in [1.29, 1.82) is 0 Å². The molecule has 2 unspecified atom stereocenters. The van der Waals surface area contributed by atoms with E-state index in [9.17, 15) is 21.6 Å². The number of thioether (sulfide) groups is 1. The van der Waals surface area contributed by atoms with E-state index in [1.54, 1.807) is 0 Å². The fourth-order valence-corrected chi connectivity index (χ4v) is 4.44. The summed E-state index contributed by atoms with van der Waals surface area (Å²) in [5.74, 6) is 0.106. The van der Waals surface area contributed by atoms with Crippen molar-refractivity contribution in [3.05, 3.63) is 24.3 Å². The number of rotatable bonds is 5. The highest BCUT2D eigenvalue weighted by Gasteiger charge is 2.31. The molecule has 1 aromatic rings. The molecule has 1 aliphatic carbocycles. The van der Waals surface area contributed by atoms with Crippen molar-refractivity contribution < 1.29 is 21.6 Å². The SMILES string of the molecule is NCC1CCCC1NS(=O)(=O)c1ccc(SC(F)(F)F)cc1. The molecule has 0 aliphatic heterocycles. The minimum absolute atomic E-state index is 0.0401. The van der Waals surface area contributed by atoms with Crippen LogP contribution in [0.2, 0.25) is 0 Å². The number of benzene rings is 1. The zero-order valence-corrected chi connectivity index (χ0v) is 13.3.